The molecule has 0 aliphatic carbocycles. The molecule has 0 aromatic carbocycles. The predicted molar refractivity (Wildman–Crippen MR) is 189 cm³/mol. The van der Waals surface area contributed by atoms with Crippen LogP contribution in [0.15, 0.2) is 0 Å². The molecule has 2 atom stereocenters. The first-order chi connectivity index (χ1) is 22.0. The minimum absolute atomic E-state index is 0.0611. The molecule has 0 aliphatic heterocycles. The van der Waals surface area contributed by atoms with Gasteiger partial charge in [0.15, 0.2) is 6.10 Å². The van der Waals surface area contributed by atoms with Crippen LogP contribution in [0.25, 0.3) is 0 Å². The number of phosphoric acid groups is 1. The van der Waals surface area contributed by atoms with Gasteiger partial charge >= 0.3 is 19.8 Å². The van der Waals surface area contributed by atoms with E-state index in [4.69, 9.17) is 18.5 Å². The zero-order valence-corrected chi connectivity index (χ0v) is 31.5. The highest BCUT2D eigenvalue weighted by Crippen LogP contribution is 2.44. The summed E-state index contributed by atoms with van der Waals surface area (Å²) in [6.45, 7) is 9.95. The largest absolute Gasteiger partial charge is 0.472 e. The molecule has 0 heterocycles. The maximum absolute atomic E-state index is 12.6. The van der Waals surface area contributed by atoms with E-state index in [0.29, 0.717) is 12.8 Å². The molecule has 8 nitrogen and oxygen atoms in total. The molecule has 0 fully saturated rings. The summed E-state index contributed by atoms with van der Waals surface area (Å²) in [5.74, 6) is -0.789. The summed E-state index contributed by atoms with van der Waals surface area (Å²) >= 11 is 0. The van der Waals surface area contributed by atoms with Crippen molar-refractivity contribution >= 4 is 19.8 Å². The summed E-state index contributed by atoms with van der Waals surface area (Å²) in [5.41, 5.74) is -0.0611. The Bertz CT molecular complexity index is 767. The quantitative estimate of drug-likeness (QED) is 0.0415. The summed E-state index contributed by atoms with van der Waals surface area (Å²) in [6, 6.07) is 0. The van der Waals surface area contributed by atoms with Gasteiger partial charge in [0.1, 0.15) is 6.61 Å². The molecule has 0 aromatic heterocycles. The Morgan fingerprint density at radius 2 is 0.978 bits per heavy atom. The van der Waals surface area contributed by atoms with E-state index < -0.39 is 19.9 Å². The van der Waals surface area contributed by atoms with Crippen LogP contribution < -0.4 is 0 Å². The van der Waals surface area contributed by atoms with Crippen LogP contribution in [0.3, 0.4) is 0 Å². The third kappa shape index (κ3) is 33.0. The molecule has 1 N–H and O–H groups in total. The van der Waals surface area contributed by atoms with Gasteiger partial charge in [-0.15, -0.1) is 0 Å². The van der Waals surface area contributed by atoms with E-state index >= 15 is 0 Å². The van der Waals surface area contributed by atoms with Crippen LogP contribution in [-0.2, 0) is 32.7 Å². The summed E-state index contributed by atoms with van der Waals surface area (Å²) in [4.78, 5) is 35.1. The lowest BCUT2D eigenvalue weighted by atomic mass is 9.93. The molecule has 0 aliphatic rings. The average Bonchev–Trinajstić information content (AvgIpc) is 2.99. The molecule has 0 amide bonds. The molecule has 2 unspecified atom stereocenters. The van der Waals surface area contributed by atoms with Gasteiger partial charge in [-0.05, 0) is 24.7 Å². The highest BCUT2D eigenvalue weighted by molar-refractivity contribution is 7.47. The monoisotopic (exact) mass is 677 g/mol. The lowest BCUT2D eigenvalue weighted by Gasteiger charge is -2.21. The van der Waals surface area contributed by atoms with E-state index in [2.05, 4.69) is 13.8 Å². The summed E-state index contributed by atoms with van der Waals surface area (Å²) in [7, 11) is -4.34. The third-order valence-electron chi connectivity index (χ3n) is 8.23. The van der Waals surface area contributed by atoms with Crippen LogP contribution in [-0.4, -0.2) is 42.8 Å². The van der Waals surface area contributed by atoms with Crippen molar-refractivity contribution in [3.63, 3.8) is 0 Å². The Morgan fingerprint density at radius 1 is 0.587 bits per heavy atom. The Labute approximate surface area is 283 Å². The third-order valence-corrected chi connectivity index (χ3v) is 9.21. The fourth-order valence-electron chi connectivity index (χ4n) is 5.17. The molecule has 0 spiro atoms. The van der Waals surface area contributed by atoms with Crippen LogP contribution in [0.1, 0.15) is 195 Å². The predicted octanol–water partition coefficient (Wildman–Crippen LogP) is 11.4. The maximum Gasteiger partial charge on any atom is 0.472 e. The molecule has 0 rings (SSSR count). The zero-order chi connectivity index (χ0) is 34.4. The lowest BCUT2D eigenvalue weighted by molar-refractivity contribution is -0.161. The molecular formula is C37H73O8P. The Hall–Kier alpha value is -0.950. The first-order valence-electron chi connectivity index (χ1n) is 19.0. The number of unbranched alkanes of at least 4 members (excludes halogenated alkanes) is 20. The standard InChI is InChI=1S/C37H73O8P/c1-6-8-10-12-14-16-18-20-22-24-26-28-35(38)42-32-34(33-44-46(40,41)43-31-30-37(3,4)5)45-36(39)29-27-25-23-21-19-17-15-13-11-9-7-2/h34H,6-33H2,1-5H3,(H,40,41). The lowest BCUT2D eigenvalue weighted by Crippen LogP contribution is -2.29. The minimum atomic E-state index is -4.34. The van der Waals surface area contributed by atoms with Crippen molar-refractivity contribution in [3.05, 3.63) is 0 Å². The van der Waals surface area contributed by atoms with Gasteiger partial charge in [0.2, 0.25) is 0 Å². The number of phosphoric ester groups is 1. The highest BCUT2D eigenvalue weighted by Gasteiger charge is 2.27. The summed E-state index contributed by atoms with van der Waals surface area (Å²) in [5, 5.41) is 0. The second-order valence-corrected chi connectivity index (χ2v) is 15.7. The minimum Gasteiger partial charge on any atom is -0.462 e. The van der Waals surface area contributed by atoms with Crippen LogP contribution in [0, 0.1) is 5.41 Å². The molecule has 0 saturated heterocycles. The second-order valence-electron chi connectivity index (χ2n) is 14.3. The van der Waals surface area contributed by atoms with Crippen molar-refractivity contribution in [2.75, 3.05) is 19.8 Å². The maximum atomic E-state index is 12.6. The molecule has 274 valence electrons. The SMILES string of the molecule is CCCCCCCCCCCCCC(=O)OCC(COP(=O)(O)OCCC(C)(C)C)OC(=O)CCCCCCCCCCCCC. The molecular weight excluding hydrogens is 603 g/mol. The van der Waals surface area contributed by atoms with Crippen molar-refractivity contribution in [1.29, 1.82) is 0 Å². The van der Waals surface area contributed by atoms with Crippen molar-refractivity contribution in [3.8, 4) is 0 Å². The zero-order valence-electron chi connectivity index (χ0n) is 30.6. The molecule has 0 saturated carbocycles. The Kier molecular flexibility index (Phi) is 29.5. The number of esters is 2. The highest BCUT2D eigenvalue weighted by atomic mass is 31.2. The fourth-order valence-corrected chi connectivity index (χ4v) is 5.92. The van der Waals surface area contributed by atoms with Gasteiger partial charge in [-0.3, -0.25) is 18.6 Å². The van der Waals surface area contributed by atoms with E-state index in [-0.39, 0.29) is 37.6 Å². The van der Waals surface area contributed by atoms with Crippen LogP contribution in [0.4, 0.5) is 0 Å². The van der Waals surface area contributed by atoms with Crippen LogP contribution >= 0.6 is 7.82 Å². The number of hydrogen-bond donors (Lipinski definition) is 1. The topological polar surface area (TPSA) is 108 Å². The van der Waals surface area contributed by atoms with Gasteiger partial charge in [0.05, 0.1) is 13.2 Å². The van der Waals surface area contributed by atoms with Crippen LogP contribution in [0.5, 0.6) is 0 Å². The molecule has 46 heavy (non-hydrogen) atoms. The summed E-state index contributed by atoms with van der Waals surface area (Å²) in [6.07, 6.45) is 26.3. The van der Waals surface area contributed by atoms with Gasteiger partial charge < -0.3 is 14.4 Å². The second kappa shape index (κ2) is 30.1. The van der Waals surface area contributed by atoms with Gasteiger partial charge in [-0.25, -0.2) is 4.57 Å². The van der Waals surface area contributed by atoms with Gasteiger partial charge in [-0.1, -0.05) is 163 Å². The average molecular weight is 677 g/mol. The number of ether oxygens (including phenoxy) is 2. The molecule has 0 radical (unpaired) electrons. The van der Waals surface area contributed by atoms with Crippen molar-refractivity contribution in [2.24, 2.45) is 5.41 Å². The van der Waals surface area contributed by atoms with E-state index in [1.807, 2.05) is 20.8 Å². The number of rotatable bonds is 33. The number of carbonyl (C=O) groups is 2. The van der Waals surface area contributed by atoms with E-state index in [1.165, 1.54) is 103 Å². The first kappa shape index (κ1) is 45.0. The fraction of sp³-hybridized carbons (Fsp3) is 0.946. The van der Waals surface area contributed by atoms with Gasteiger partial charge in [0.25, 0.3) is 0 Å². The smallest absolute Gasteiger partial charge is 0.462 e. The van der Waals surface area contributed by atoms with Crippen LogP contribution in [0.2, 0.25) is 0 Å². The Morgan fingerprint density at radius 3 is 1.39 bits per heavy atom. The number of carbonyl (C=O) groups excluding carboxylic acids is 2. The number of hydrogen-bond acceptors (Lipinski definition) is 7. The van der Waals surface area contributed by atoms with Crippen molar-refractivity contribution in [1.82, 2.24) is 0 Å². The van der Waals surface area contributed by atoms with Gasteiger partial charge in [-0.2, -0.15) is 0 Å². The molecule has 0 aromatic rings. The van der Waals surface area contributed by atoms with Crippen molar-refractivity contribution in [2.45, 2.75) is 201 Å². The molecule has 9 heteroatoms. The normalized spacial score (nSPS) is 13.8. The van der Waals surface area contributed by atoms with Crippen molar-refractivity contribution < 1.29 is 37.6 Å². The first-order valence-corrected chi connectivity index (χ1v) is 20.5. The molecule has 0 bridgehead atoms. The van der Waals surface area contributed by atoms with E-state index in [1.54, 1.807) is 0 Å². The van der Waals surface area contributed by atoms with E-state index in [9.17, 15) is 19.0 Å². The van der Waals surface area contributed by atoms with E-state index in [0.717, 1.165) is 38.5 Å². The Balaban J connectivity index is 4.44. The van der Waals surface area contributed by atoms with Gasteiger partial charge in [0, 0.05) is 12.8 Å². The summed E-state index contributed by atoms with van der Waals surface area (Å²) < 4.78 is 33.6.